The summed E-state index contributed by atoms with van der Waals surface area (Å²) in [6.45, 7) is 0. The van der Waals surface area contributed by atoms with E-state index in [4.69, 9.17) is 17.5 Å². The van der Waals surface area contributed by atoms with E-state index in [1.807, 2.05) is 0 Å². The molecule has 1 radical (unpaired) electrons. The molecule has 0 aliphatic heterocycles. The van der Waals surface area contributed by atoms with Gasteiger partial charge in [0.1, 0.15) is 0 Å². The van der Waals surface area contributed by atoms with E-state index in [0.29, 0.717) is 0 Å². The number of rotatable bonds is 0. The van der Waals surface area contributed by atoms with E-state index >= 15 is 0 Å². The summed E-state index contributed by atoms with van der Waals surface area (Å²) in [7, 11) is -4.67. The third kappa shape index (κ3) is 77.5. The standard InChI is InChI=1S/2Na.H2O4S/c;;1-5(2,3)4/h;;(H2,1,2,3,4)/q;+1;. The average Bonchev–Trinajstić information content (AvgIpc) is 0.722. The van der Waals surface area contributed by atoms with Gasteiger partial charge in [-0.3, -0.25) is 0 Å². The molecule has 7 heteroatoms. The fourth-order valence-corrected chi connectivity index (χ4v) is 0. The van der Waals surface area contributed by atoms with Crippen LogP contribution < -0.4 is 29.6 Å². The Morgan fingerprint density at radius 1 is 1.43 bits per heavy atom. The van der Waals surface area contributed by atoms with E-state index in [2.05, 4.69) is 0 Å². The van der Waals surface area contributed by atoms with Crippen molar-refractivity contribution < 1.29 is 47.1 Å². The molecular formula is H2Na2O4S+. The normalized spacial score (nSPS) is 8.29. The predicted molar refractivity (Wildman–Crippen MR) is 19.1 cm³/mol. The van der Waals surface area contributed by atoms with E-state index < -0.39 is 10.4 Å². The first-order valence-corrected chi connectivity index (χ1v) is 2.11. The van der Waals surface area contributed by atoms with Gasteiger partial charge in [0.05, 0.1) is 0 Å². The van der Waals surface area contributed by atoms with E-state index in [1.165, 1.54) is 0 Å². The van der Waals surface area contributed by atoms with Crippen molar-refractivity contribution >= 4 is 40.0 Å². The fraction of sp³-hybridized carbons (Fsp3) is 0. The Morgan fingerprint density at radius 3 is 1.43 bits per heavy atom. The second-order valence-electron chi connectivity index (χ2n) is 0.454. The number of hydrogen-bond acceptors (Lipinski definition) is 3. The molecule has 0 fully saturated rings. The molecule has 4 nitrogen and oxygen atoms in total. The quantitative estimate of drug-likeness (QED) is 0.147. The molecule has 0 heterocycles. The molecule has 0 aliphatic carbocycles. The summed E-state index contributed by atoms with van der Waals surface area (Å²) in [5, 5.41) is 0. The minimum Gasteiger partial charge on any atom is -0.683 e. The Kier molecular flexibility index (Phi) is 13.7. The minimum absolute atomic E-state index is 0. The van der Waals surface area contributed by atoms with Crippen molar-refractivity contribution in [3.8, 4) is 0 Å². The zero-order valence-corrected chi connectivity index (χ0v) is 8.95. The third-order valence-electron chi connectivity index (χ3n) is 0. The van der Waals surface area contributed by atoms with Crippen molar-refractivity contribution in [3.05, 3.63) is 0 Å². The van der Waals surface area contributed by atoms with Gasteiger partial charge in [-0.2, -0.15) is 8.42 Å². The smallest absolute Gasteiger partial charge is 0.683 e. The molecule has 7 heavy (non-hydrogen) atoms. The Hall–Kier alpha value is 1.87. The van der Waals surface area contributed by atoms with Crippen LogP contribution in [0.5, 0.6) is 0 Å². The van der Waals surface area contributed by atoms with Gasteiger partial charge in [-0.15, -0.1) is 0 Å². The van der Waals surface area contributed by atoms with Crippen LogP contribution in [-0.2, 0) is 10.4 Å². The topological polar surface area (TPSA) is 80.1 Å². The molecule has 0 saturated heterocycles. The van der Waals surface area contributed by atoms with E-state index in [9.17, 15) is 0 Å². The predicted octanol–water partition coefficient (Wildman–Crippen LogP) is -5.21. The molecular weight excluding hydrogens is 142 g/mol. The molecule has 0 atom stereocenters. The SMILES string of the molecule is O=S(=O)([O-])[OH2+].[Na+].[Na]. The molecule has 0 bridgehead atoms. The molecule has 2 N–H and O–H groups in total. The van der Waals surface area contributed by atoms with Gasteiger partial charge in [0.2, 0.25) is 0 Å². The maximum Gasteiger partial charge on any atom is 1.00 e. The van der Waals surface area contributed by atoms with Gasteiger partial charge in [-0.25, -0.2) is 0 Å². The molecule has 33 valence electrons. The summed E-state index contributed by atoms with van der Waals surface area (Å²) >= 11 is 0. The zero-order chi connectivity index (χ0) is 4.50. The second kappa shape index (κ2) is 6.00. The van der Waals surface area contributed by atoms with Crippen LogP contribution in [0.4, 0.5) is 0 Å². The molecule has 0 amide bonds. The van der Waals surface area contributed by atoms with Crippen molar-refractivity contribution in [3.63, 3.8) is 0 Å². The van der Waals surface area contributed by atoms with Crippen LogP contribution in [0.1, 0.15) is 0 Å². The summed E-state index contributed by atoms with van der Waals surface area (Å²) in [5.41, 5.74) is 0. The molecule has 0 spiro atoms. The maximum absolute atomic E-state index is 8.74. The Balaban J connectivity index is -0.0000000800. The zero-order valence-electron chi connectivity index (χ0n) is 4.13. The summed E-state index contributed by atoms with van der Waals surface area (Å²) in [6.07, 6.45) is 0. The summed E-state index contributed by atoms with van der Waals surface area (Å²) < 4.78 is 31.6. The van der Waals surface area contributed by atoms with Crippen molar-refractivity contribution in [2.75, 3.05) is 0 Å². The average molecular weight is 144 g/mol. The monoisotopic (exact) mass is 144 g/mol. The van der Waals surface area contributed by atoms with Crippen LogP contribution in [0.25, 0.3) is 0 Å². The van der Waals surface area contributed by atoms with Crippen molar-refractivity contribution in [2.24, 2.45) is 0 Å². The van der Waals surface area contributed by atoms with Crippen LogP contribution in [-0.4, -0.2) is 47.1 Å². The van der Waals surface area contributed by atoms with Crippen LogP contribution in [0.3, 0.4) is 0 Å². The summed E-state index contributed by atoms with van der Waals surface area (Å²) in [6, 6.07) is 0. The van der Waals surface area contributed by atoms with E-state index in [1.54, 1.807) is 0 Å². The number of hydrogen-bond donors (Lipinski definition) is 0. The Bertz CT molecular complexity index is 92.9. The maximum atomic E-state index is 8.74. The largest absolute Gasteiger partial charge is 1.00 e. The second-order valence-corrected chi connectivity index (χ2v) is 1.36. The van der Waals surface area contributed by atoms with Crippen LogP contribution in [0.2, 0.25) is 0 Å². The van der Waals surface area contributed by atoms with E-state index in [-0.39, 0.29) is 59.1 Å². The molecule has 0 saturated carbocycles. The Morgan fingerprint density at radius 2 is 1.43 bits per heavy atom. The first-order valence-electron chi connectivity index (χ1n) is 0.704. The van der Waals surface area contributed by atoms with Gasteiger partial charge in [0, 0.05) is 29.6 Å². The van der Waals surface area contributed by atoms with Crippen LogP contribution in [0.15, 0.2) is 0 Å². The van der Waals surface area contributed by atoms with Crippen LogP contribution in [0, 0.1) is 0 Å². The molecule has 0 aromatic carbocycles. The first kappa shape index (κ1) is 15.9. The van der Waals surface area contributed by atoms with Gasteiger partial charge < -0.3 is 9.11 Å². The van der Waals surface area contributed by atoms with Gasteiger partial charge >= 0.3 is 40.0 Å². The Labute approximate surface area is 85.8 Å². The first-order chi connectivity index (χ1) is 2.00. The van der Waals surface area contributed by atoms with Crippen molar-refractivity contribution in [1.82, 2.24) is 0 Å². The van der Waals surface area contributed by atoms with Crippen molar-refractivity contribution in [2.45, 2.75) is 0 Å². The van der Waals surface area contributed by atoms with Gasteiger partial charge in [-0.05, 0) is 0 Å². The van der Waals surface area contributed by atoms with Gasteiger partial charge in [0.25, 0.3) is 0 Å². The van der Waals surface area contributed by atoms with E-state index in [0.717, 1.165) is 0 Å². The molecule has 0 aromatic heterocycles. The van der Waals surface area contributed by atoms with Gasteiger partial charge in [-0.1, -0.05) is 0 Å². The third-order valence-corrected chi connectivity index (χ3v) is 0. The fourth-order valence-electron chi connectivity index (χ4n) is 0. The summed E-state index contributed by atoms with van der Waals surface area (Å²) in [4.78, 5) is 0. The molecule has 0 unspecified atom stereocenters. The molecule has 0 rings (SSSR count). The van der Waals surface area contributed by atoms with Gasteiger partial charge in [0.15, 0.2) is 0 Å². The molecule has 0 aliphatic rings. The molecule has 0 aromatic rings. The van der Waals surface area contributed by atoms with Crippen LogP contribution >= 0.6 is 0 Å². The summed E-state index contributed by atoms with van der Waals surface area (Å²) in [5.74, 6) is 0. The minimum atomic E-state index is -4.67. The van der Waals surface area contributed by atoms with Crippen molar-refractivity contribution in [1.29, 1.82) is 0 Å².